The molecule has 0 aliphatic heterocycles. The number of hydrogen-bond donors (Lipinski definition) is 0. The smallest absolute Gasteiger partial charge is 0.0602 e. The van der Waals surface area contributed by atoms with Crippen LogP contribution in [0.4, 0.5) is 0 Å². The summed E-state index contributed by atoms with van der Waals surface area (Å²) in [6, 6.07) is 0.643. The summed E-state index contributed by atoms with van der Waals surface area (Å²) >= 11 is 5.47. The van der Waals surface area contributed by atoms with E-state index in [0.717, 1.165) is 13.2 Å². The summed E-state index contributed by atoms with van der Waals surface area (Å²) in [4.78, 5) is 2.30. The van der Waals surface area contributed by atoms with Crippen LogP contribution < -0.4 is 0 Å². The summed E-state index contributed by atoms with van der Waals surface area (Å²) < 4.78 is 5.27. The lowest BCUT2D eigenvalue weighted by Crippen LogP contribution is -2.31. The van der Waals surface area contributed by atoms with Gasteiger partial charge in [0.25, 0.3) is 0 Å². The Morgan fingerprint density at radius 2 is 2.08 bits per heavy atom. The highest BCUT2D eigenvalue weighted by molar-refractivity contribution is 6.17. The van der Waals surface area contributed by atoms with Gasteiger partial charge in [-0.2, -0.15) is 0 Å². The largest absolute Gasteiger partial charge is 0.379 e. The van der Waals surface area contributed by atoms with E-state index >= 15 is 0 Å². The van der Waals surface area contributed by atoms with Crippen LogP contribution in [0.1, 0.15) is 20.3 Å². The molecule has 0 saturated heterocycles. The number of hydrogen-bond acceptors (Lipinski definition) is 2. The molecule has 1 unspecified atom stereocenters. The van der Waals surface area contributed by atoms with E-state index < -0.39 is 0 Å². The number of ether oxygens (including phenoxy) is 1. The fraction of sp³-hybridized carbons (Fsp3) is 1.00. The molecule has 12 heavy (non-hydrogen) atoms. The molecule has 0 aliphatic carbocycles. The Morgan fingerprint density at radius 1 is 1.42 bits per heavy atom. The lowest BCUT2D eigenvalue weighted by molar-refractivity contribution is 0.110. The third-order valence-corrected chi connectivity index (χ3v) is 2.31. The summed E-state index contributed by atoms with van der Waals surface area (Å²) in [6.07, 6.45) is 1.19. The molecule has 0 rings (SSSR count). The first-order valence-corrected chi connectivity index (χ1v) is 5.09. The van der Waals surface area contributed by atoms with Gasteiger partial charge in [-0.25, -0.2) is 0 Å². The molecule has 0 bridgehead atoms. The van der Waals surface area contributed by atoms with Crippen LogP contribution in [0.5, 0.6) is 0 Å². The molecular formula is C9H20ClNO. The van der Waals surface area contributed by atoms with Crippen LogP contribution in [0.3, 0.4) is 0 Å². The summed E-state index contributed by atoms with van der Waals surface area (Å²) in [6.45, 7) is 6.86. The molecule has 0 radical (unpaired) electrons. The third kappa shape index (κ3) is 5.81. The van der Waals surface area contributed by atoms with E-state index in [-0.39, 0.29) is 0 Å². The first kappa shape index (κ1) is 12.2. The van der Waals surface area contributed by atoms with E-state index in [1.54, 1.807) is 0 Å². The quantitative estimate of drug-likeness (QED) is 0.453. The van der Waals surface area contributed by atoms with Gasteiger partial charge in [0, 0.05) is 18.5 Å². The minimum atomic E-state index is 0.590. The van der Waals surface area contributed by atoms with E-state index in [0.29, 0.717) is 18.5 Å². The predicted octanol–water partition coefficient (Wildman–Crippen LogP) is 1.97. The maximum absolute atomic E-state index is 5.47. The summed E-state index contributed by atoms with van der Waals surface area (Å²) in [5.41, 5.74) is 0. The van der Waals surface area contributed by atoms with Crippen molar-refractivity contribution < 1.29 is 4.74 Å². The van der Waals surface area contributed by atoms with Crippen molar-refractivity contribution in [2.75, 3.05) is 32.7 Å². The lowest BCUT2D eigenvalue weighted by atomic mass is 10.2. The van der Waals surface area contributed by atoms with Gasteiger partial charge in [-0.1, -0.05) is 6.92 Å². The molecule has 0 amide bonds. The van der Waals surface area contributed by atoms with Gasteiger partial charge >= 0.3 is 0 Å². The van der Waals surface area contributed by atoms with Crippen LogP contribution in [0.25, 0.3) is 0 Å². The van der Waals surface area contributed by atoms with Crippen LogP contribution in [-0.2, 0) is 4.74 Å². The van der Waals surface area contributed by atoms with Gasteiger partial charge < -0.3 is 9.64 Å². The van der Waals surface area contributed by atoms with Crippen LogP contribution in [0, 0.1) is 0 Å². The molecule has 0 heterocycles. The van der Waals surface area contributed by atoms with Gasteiger partial charge in [-0.3, -0.25) is 0 Å². The minimum absolute atomic E-state index is 0.590. The van der Waals surface area contributed by atoms with Gasteiger partial charge in [0.1, 0.15) is 0 Å². The number of halogens is 1. The van der Waals surface area contributed by atoms with Gasteiger partial charge in [0.15, 0.2) is 0 Å². The molecular weight excluding hydrogens is 174 g/mol. The van der Waals surface area contributed by atoms with Crippen LogP contribution in [0.2, 0.25) is 0 Å². The van der Waals surface area contributed by atoms with E-state index in [1.807, 2.05) is 0 Å². The number of rotatable bonds is 7. The zero-order valence-corrected chi connectivity index (χ0v) is 9.10. The van der Waals surface area contributed by atoms with E-state index in [9.17, 15) is 0 Å². The van der Waals surface area contributed by atoms with Crippen LogP contribution in [0.15, 0.2) is 0 Å². The number of likely N-dealkylation sites (N-methyl/N-ethyl adjacent to an activating group) is 1. The monoisotopic (exact) mass is 193 g/mol. The Balaban J connectivity index is 3.24. The second-order valence-corrected chi connectivity index (χ2v) is 3.42. The van der Waals surface area contributed by atoms with E-state index in [4.69, 9.17) is 16.3 Å². The highest BCUT2D eigenvalue weighted by atomic mass is 35.5. The standard InChI is InChI=1S/C9H20ClNO/c1-4-9(2)11(3)6-8-12-7-5-10/h9H,4-8H2,1-3H3. The maximum Gasteiger partial charge on any atom is 0.0602 e. The molecule has 0 spiro atoms. The average Bonchev–Trinajstić information content (AvgIpc) is 2.10. The molecule has 0 saturated carbocycles. The second kappa shape index (κ2) is 7.84. The van der Waals surface area contributed by atoms with E-state index in [1.165, 1.54) is 6.42 Å². The van der Waals surface area contributed by atoms with Crippen LogP contribution >= 0.6 is 11.6 Å². The minimum Gasteiger partial charge on any atom is -0.379 e. The number of nitrogens with zero attached hydrogens (tertiary/aromatic N) is 1. The SMILES string of the molecule is CCC(C)N(C)CCOCCCl. The summed E-state index contributed by atoms with van der Waals surface area (Å²) in [5, 5.41) is 0. The molecule has 0 N–H and O–H groups in total. The number of alkyl halides is 1. The third-order valence-electron chi connectivity index (χ3n) is 2.15. The van der Waals surface area contributed by atoms with Gasteiger partial charge in [0.05, 0.1) is 13.2 Å². The topological polar surface area (TPSA) is 12.5 Å². The zero-order valence-electron chi connectivity index (χ0n) is 8.35. The molecule has 74 valence electrons. The molecule has 0 aromatic rings. The van der Waals surface area contributed by atoms with Gasteiger partial charge in [-0.15, -0.1) is 11.6 Å². The van der Waals surface area contributed by atoms with Crippen molar-refractivity contribution in [1.82, 2.24) is 4.90 Å². The molecule has 0 fully saturated rings. The highest BCUT2D eigenvalue weighted by Crippen LogP contribution is 1.98. The van der Waals surface area contributed by atoms with Gasteiger partial charge in [-0.05, 0) is 20.4 Å². The predicted molar refractivity (Wildman–Crippen MR) is 53.9 cm³/mol. The van der Waals surface area contributed by atoms with Crippen molar-refractivity contribution in [2.24, 2.45) is 0 Å². The Kier molecular flexibility index (Phi) is 7.98. The Morgan fingerprint density at radius 3 is 2.58 bits per heavy atom. The first-order valence-electron chi connectivity index (χ1n) is 4.56. The highest BCUT2D eigenvalue weighted by Gasteiger charge is 2.04. The van der Waals surface area contributed by atoms with Crippen molar-refractivity contribution in [3.8, 4) is 0 Å². The molecule has 0 aromatic carbocycles. The van der Waals surface area contributed by atoms with Crippen molar-refractivity contribution in [2.45, 2.75) is 26.3 Å². The lowest BCUT2D eigenvalue weighted by Gasteiger charge is -2.22. The fourth-order valence-electron chi connectivity index (χ4n) is 0.897. The average molecular weight is 194 g/mol. The Bertz CT molecular complexity index is 101. The zero-order chi connectivity index (χ0) is 9.40. The maximum atomic E-state index is 5.47. The van der Waals surface area contributed by atoms with Crippen molar-refractivity contribution in [3.63, 3.8) is 0 Å². The second-order valence-electron chi connectivity index (χ2n) is 3.04. The van der Waals surface area contributed by atoms with Crippen molar-refractivity contribution in [1.29, 1.82) is 0 Å². The summed E-state index contributed by atoms with van der Waals surface area (Å²) in [5.74, 6) is 0.590. The normalized spacial score (nSPS) is 13.8. The molecule has 0 aliphatic rings. The molecule has 1 atom stereocenters. The molecule has 3 heteroatoms. The van der Waals surface area contributed by atoms with E-state index in [2.05, 4.69) is 25.8 Å². The summed E-state index contributed by atoms with van der Waals surface area (Å²) in [7, 11) is 2.12. The molecule has 0 aromatic heterocycles. The Labute approximate surface area is 80.8 Å². The Hall–Kier alpha value is 0.210. The van der Waals surface area contributed by atoms with Crippen molar-refractivity contribution >= 4 is 11.6 Å². The first-order chi connectivity index (χ1) is 5.72. The van der Waals surface area contributed by atoms with Gasteiger partial charge in [0.2, 0.25) is 0 Å². The van der Waals surface area contributed by atoms with Crippen LogP contribution in [-0.4, -0.2) is 43.6 Å². The van der Waals surface area contributed by atoms with Crippen molar-refractivity contribution in [3.05, 3.63) is 0 Å². The molecule has 2 nitrogen and oxygen atoms in total. The fourth-order valence-corrected chi connectivity index (χ4v) is 1.01.